The molecule has 2 nitrogen and oxygen atoms in total. The Labute approximate surface area is 178 Å². The van der Waals surface area contributed by atoms with Gasteiger partial charge in [-0.3, -0.25) is 4.98 Å². The minimum atomic E-state index is 0.916. The van der Waals surface area contributed by atoms with Gasteiger partial charge in [0.15, 0.2) is 0 Å². The number of fused-ring (bicyclic) bond motifs is 9. The lowest BCUT2D eigenvalue weighted by Crippen LogP contribution is -1.88. The van der Waals surface area contributed by atoms with Gasteiger partial charge in [0.25, 0.3) is 0 Å². The molecule has 0 fully saturated rings. The summed E-state index contributed by atoms with van der Waals surface area (Å²) in [7, 11) is 0. The molecule has 0 aliphatic carbocycles. The summed E-state index contributed by atoms with van der Waals surface area (Å²) in [6.07, 6.45) is 1.88. The molecule has 2 heteroatoms. The molecular formula is C29H17NO. The molecule has 5 aromatic carbocycles. The molecule has 31 heavy (non-hydrogen) atoms. The number of para-hydroxylation sites is 1. The Morgan fingerprint density at radius 2 is 1.26 bits per heavy atom. The lowest BCUT2D eigenvalue weighted by Gasteiger charge is -2.13. The molecule has 0 spiro atoms. The molecule has 0 amide bonds. The van der Waals surface area contributed by atoms with E-state index in [0.717, 1.165) is 33.0 Å². The van der Waals surface area contributed by atoms with Crippen LogP contribution in [0.15, 0.2) is 108 Å². The Bertz CT molecular complexity index is 1750. The fraction of sp³-hybridized carbons (Fsp3) is 0. The van der Waals surface area contributed by atoms with Crippen molar-refractivity contribution >= 4 is 54.4 Å². The van der Waals surface area contributed by atoms with Crippen LogP contribution in [-0.2, 0) is 0 Å². The van der Waals surface area contributed by atoms with E-state index in [9.17, 15) is 0 Å². The number of hydrogen-bond acceptors (Lipinski definition) is 2. The van der Waals surface area contributed by atoms with Gasteiger partial charge in [-0.15, -0.1) is 0 Å². The van der Waals surface area contributed by atoms with Gasteiger partial charge in [-0.2, -0.15) is 0 Å². The molecule has 2 heterocycles. The first-order valence-corrected chi connectivity index (χ1v) is 10.5. The second-order valence-corrected chi connectivity index (χ2v) is 7.98. The minimum absolute atomic E-state index is 0.916. The van der Waals surface area contributed by atoms with Crippen LogP contribution in [0.3, 0.4) is 0 Å². The fourth-order valence-corrected chi connectivity index (χ4v) is 4.95. The third kappa shape index (κ3) is 2.30. The van der Waals surface area contributed by atoms with E-state index in [1.54, 1.807) is 0 Å². The highest BCUT2D eigenvalue weighted by atomic mass is 16.3. The highest BCUT2D eigenvalue weighted by molar-refractivity contribution is 6.27. The number of rotatable bonds is 1. The van der Waals surface area contributed by atoms with Crippen molar-refractivity contribution in [1.29, 1.82) is 0 Å². The molecular weight excluding hydrogens is 378 g/mol. The lowest BCUT2D eigenvalue weighted by atomic mass is 9.91. The number of furan rings is 1. The second-order valence-electron chi connectivity index (χ2n) is 7.98. The summed E-state index contributed by atoms with van der Waals surface area (Å²) in [6.45, 7) is 0. The van der Waals surface area contributed by atoms with E-state index in [-0.39, 0.29) is 0 Å². The molecule has 0 saturated heterocycles. The van der Waals surface area contributed by atoms with E-state index in [0.29, 0.717) is 0 Å². The van der Waals surface area contributed by atoms with Crippen molar-refractivity contribution in [2.75, 3.05) is 0 Å². The Morgan fingerprint density at radius 1 is 0.516 bits per heavy atom. The molecule has 0 saturated carbocycles. The first kappa shape index (κ1) is 16.6. The van der Waals surface area contributed by atoms with E-state index < -0.39 is 0 Å². The van der Waals surface area contributed by atoms with Crippen molar-refractivity contribution < 1.29 is 4.42 Å². The Morgan fingerprint density at radius 3 is 2.19 bits per heavy atom. The van der Waals surface area contributed by atoms with Gasteiger partial charge in [0.1, 0.15) is 11.2 Å². The Hall–Kier alpha value is -4.17. The number of hydrogen-bond donors (Lipinski definition) is 0. The van der Waals surface area contributed by atoms with Gasteiger partial charge in [-0.25, -0.2) is 0 Å². The zero-order chi connectivity index (χ0) is 20.4. The van der Waals surface area contributed by atoms with Crippen LogP contribution in [0.2, 0.25) is 0 Å². The average Bonchev–Trinajstić information content (AvgIpc) is 3.22. The highest BCUT2D eigenvalue weighted by Crippen LogP contribution is 2.40. The molecule has 7 rings (SSSR count). The molecule has 7 aromatic rings. The van der Waals surface area contributed by atoms with Crippen LogP contribution in [0.5, 0.6) is 0 Å². The quantitative estimate of drug-likeness (QED) is 0.262. The number of pyridine rings is 1. The van der Waals surface area contributed by atoms with Crippen molar-refractivity contribution in [3.8, 4) is 11.1 Å². The van der Waals surface area contributed by atoms with Gasteiger partial charge in [-0.05, 0) is 51.6 Å². The van der Waals surface area contributed by atoms with Crippen LogP contribution < -0.4 is 0 Å². The van der Waals surface area contributed by atoms with E-state index in [4.69, 9.17) is 9.40 Å². The molecule has 0 bridgehead atoms. The van der Waals surface area contributed by atoms with Crippen LogP contribution in [-0.4, -0.2) is 4.98 Å². The maximum absolute atomic E-state index is 6.17. The summed E-state index contributed by atoms with van der Waals surface area (Å²) in [5.41, 5.74) is 5.23. The summed E-state index contributed by atoms with van der Waals surface area (Å²) in [5, 5.41) is 8.39. The number of aromatic nitrogens is 1. The third-order valence-electron chi connectivity index (χ3n) is 6.30. The minimum Gasteiger partial charge on any atom is -0.456 e. The molecule has 0 N–H and O–H groups in total. The Kier molecular flexibility index (Phi) is 3.30. The van der Waals surface area contributed by atoms with Gasteiger partial charge < -0.3 is 4.42 Å². The fourth-order valence-electron chi connectivity index (χ4n) is 4.95. The van der Waals surface area contributed by atoms with E-state index >= 15 is 0 Å². The zero-order valence-corrected chi connectivity index (χ0v) is 16.7. The molecule has 0 radical (unpaired) electrons. The third-order valence-corrected chi connectivity index (χ3v) is 6.30. The normalized spacial score (nSPS) is 11.9. The van der Waals surface area contributed by atoms with Gasteiger partial charge >= 0.3 is 0 Å². The van der Waals surface area contributed by atoms with Gasteiger partial charge in [-0.1, -0.05) is 72.8 Å². The maximum atomic E-state index is 6.17. The van der Waals surface area contributed by atoms with Gasteiger partial charge in [0, 0.05) is 27.7 Å². The summed E-state index contributed by atoms with van der Waals surface area (Å²) < 4.78 is 6.17. The number of nitrogens with zero attached hydrogens (tertiary/aromatic N) is 1. The molecule has 0 atom stereocenters. The SMILES string of the molecule is c1ccc2c(c1)oc1cc(-c3cccc4c5ccccc5c5ncccc5c34)ccc12. The Balaban J connectivity index is 1.62. The lowest BCUT2D eigenvalue weighted by molar-refractivity contribution is 0.669. The highest BCUT2D eigenvalue weighted by Gasteiger charge is 2.14. The van der Waals surface area contributed by atoms with Crippen molar-refractivity contribution in [2.24, 2.45) is 0 Å². The van der Waals surface area contributed by atoms with Crippen LogP contribution >= 0.6 is 0 Å². The molecule has 0 aliphatic rings. The molecule has 0 aliphatic heterocycles. The van der Waals surface area contributed by atoms with E-state index in [2.05, 4.69) is 78.9 Å². The maximum Gasteiger partial charge on any atom is 0.136 e. The van der Waals surface area contributed by atoms with Crippen molar-refractivity contribution in [2.45, 2.75) is 0 Å². The summed E-state index contributed by atoms with van der Waals surface area (Å²) in [5.74, 6) is 0. The summed E-state index contributed by atoms with van der Waals surface area (Å²) in [6, 6.07) is 34.1. The van der Waals surface area contributed by atoms with Gasteiger partial charge in [0.2, 0.25) is 0 Å². The standard InChI is InChI=1S/C29H17NO/c1-2-9-24-20(7-1)23-11-5-10-19(28(23)25-12-6-16-30-29(24)25)18-14-15-22-21-8-3-4-13-26(21)31-27(22)17-18/h1-17H. The molecule has 2 aromatic heterocycles. The first-order valence-electron chi connectivity index (χ1n) is 10.5. The van der Waals surface area contributed by atoms with Crippen LogP contribution in [0.25, 0.3) is 65.5 Å². The topological polar surface area (TPSA) is 26.0 Å². The zero-order valence-electron chi connectivity index (χ0n) is 16.7. The van der Waals surface area contributed by atoms with Crippen LogP contribution in [0.1, 0.15) is 0 Å². The van der Waals surface area contributed by atoms with Crippen molar-refractivity contribution in [3.63, 3.8) is 0 Å². The summed E-state index contributed by atoms with van der Waals surface area (Å²) in [4.78, 5) is 4.75. The van der Waals surface area contributed by atoms with Gasteiger partial charge in [0.05, 0.1) is 5.52 Å². The molecule has 0 unspecified atom stereocenters. The first-order chi connectivity index (χ1) is 15.4. The monoisotopic (exact) mass is 395 g/mol. The van der Waals surface area contributed by atoms with Crippen LogP contribution in [0.4, 0.5) is 0 Å². The smallest absolute Gasteiger partial charge is 0.136 e. The average molecular weight is 395 g/mol. The second kappa shape index (κ2) is 6.16. The van der Waals surface area contributed by atoms with E-state index in [1.807, 2.05) is 24.4 Å². The predicted molar refractivity (Wildman–Crippen MR) is 129 cm³/mol. The summed E-state index contributed by atoms with van der Waals surface area (Å²) >= 11 is 0. The largest absolute Gasteiger partial charge is 0.456 e. The van der Waals surface area contributed by atoms with Crippen molar-refractivity contribution in [1.82, 2.24) is 4.98 Å². The molecule has 144 valence electrons. The van der Waals surface area contributed by atoms with Crippen molar-refractivity contribution in [3.05, 3.63) is 103 Å². The number of benzene rings is 5. The van der Waals surface area contributed by atoms with E-state index in [1.165, 1.54) is 32.5 Å². The predicted octanol–water partition coefficient (Wildman–Crippen LogP) is 8.11. The van der Waals surface area contributed by atoms with Crippen LogP contribution in [0, 0.1) is 0 Å².